The highest BCUT2D eigenvalue weighted by molar-refractivity contribution is 5.73. The van der Waals surface area contributed by atoms with Crippen molar-refractivity contribution in [2.75, 3.05) is 13.2 Å². The maximum Gasteiger partial charge on any atom is 0.490 e. The van der Waals surface area contributed by atoms with E-state index in [2.05, 4.69) is 47.8 Å². The molecule has 0 saturated heterocycles. The number of nitrogens with one attached hydrogen (secondary N) is 1. The average molecular weight is 479 g/mol. The summed E-state index contributed by atoms with van der Waals surface area (Å²) in [6.45, 7) is 1.49. The molecule has 1 atom stereocenters. The third kappa shape index (κ3) is 10.1. The Balaban J connectivity index is 0.000000509. The Bertz CT molecular complexity index is 943. The van der Waals surface area contributed by atoms with E-state index in [1.165, 1.54) is 16.7 Å². The molecule has 0 bridgehead atoms. The first-order chi connectivity index (χ1) is 16.1. The standard InChI is InChI=1S/C23H27NO3.C2HF3O2/c25-23(26)15-12-21-11-8-20(17-24-21)19-9-13-22(14-10-19)27-16-4-7-18-5-2-1-3-6-18;3-2(4,5)1(6)7/h1-3,5-6,8-10,13-14,21,24H,4,7,11-12,15-17H2,(H,25,26);(H,6,7). The summed E-state index contributed by atoms with van der Waals surface area (Å²) in [6, 6.07) is 19.0. The van der Waals surface area contributed by atoms with Gasteiger partial charge in [0.05, 0.1) is 6.61 Å². The summed E-state index contributed by atoms with van der Waals surface area (Å²) in [5.41, 5.74) is 3.79. The van der Waals surface area contributed by atoms with Gasteiger partial charge in [0, 0.05) is 19.0 Å². The fraction of sp³-hybridized carbons (Fsp3) is 0.360. The number of aliphatic carboxylic acids is 2. The second-order valence-corrected chi connectivity index (χ2v) is 7.74. The van der Waals surface area contributed by atoms with Gasteiger partial charge < -0.3 is 20.3 Å². The zero-order valence-corrected chi connectivity index (χ0v) is 18.6. The van der Waals surface area contributed by atoms with E-state index in [0.29, 0.717) is 13.0 Å². The third-order valence-corrected chi connectivity index (χ3v) is 5.13. The van der Waals surface area contributed by atoms with Crippen molar-refractivity contribution in [1.82, 2.24) is 5.32 Å². The fourth-order valence-electron chi connectivity index (χ4n) is 3.31. The molecule has 1 aliphatic rings. The van der Waals surface area contributed by atoms with Crippen LogP contribution in [0.25, 0.3) is 5.57 Å². The maximum absolute atomic E-state index is 10.7. The first kappa shape index (κ1) is 26.9. The van der Waals surface area contributed by atoms with Crippen LogP contribution < -0.4 is 10.1 Å². The molecule has 34 heavy (non-hydrogen) atoms. The fourth-order valence-corrected chi connectivity index (χ4v) is 3.31. The molecule has 1 aliphatic heterocycles. The van der Waals surface area contributed by atoms with Crippen molar-refractivity contribution < 1.29 is 37.7 Å². The lowest BCUT2D eigenvalue weighted by molar-refractivity contribution is -0.192. The number of carboxylic acid groups (broad SMARTS) is 2. The van der Waals surface area contributed by atoms with Crippen LogP contribution in [0.15, 0.2) is 60.7 Å². The van der Waals surface area contributed by atoms with E-state index in [4.69, 9.17) is 19.7 Å². The van der Waals surface area contributed by atoms with Gasteiger partial charge in [-0.25, -0.2) is 4.79 Å². The molecule has 3 N–H and O–H groups in total. The molecule has 0 aromatic heterocycles. The molecule has 6 nitrogen and oxygen atoms in total. The van der Waals surface area contributed by atoms with E-state index in [0.717, 1.165) is 31.6 Å². The lowest BCUT2D eigenvalue weighted by Crippen LogP contribution is -2.33. The van der Waals surface area contributed by atoms with Crippen molar-refractivity contribution in [3.05, 3.63) is 71.8 Å². The van der Waals surface area contributed by atoms with Crippen molar-refractivity contribution in [3.63, 3.8) is 0 Å². The number of carbonyl (C=O) groups is 2. The summed E-state index contributed by atoms with van der Waals surface area (Å²) in [4.78, 5) is 19.6. The number of ether oxygens (including phenoxy) is 1. The zero-order chi connectivity index (χ0) is 25.0. The number of halogens is 3. The van der Waals surface area contributed by atoms with Crippen LogP contribution in [-0.4, -0.2) is 47.5 Å². The second kappa shape index (κ2) is 13.4. The Morgan fingerprint density at radius 1 is 1.03 bits per heavy atom. The number of carboxylic acids is 2. The summed E-state index contributed by atoms with van der Waals surface area (Å²) >= 11 is 0. The van der Waals surface area contributed by atoms with E-state index in [9.17, 15) is 18.0 Å². The Morgan fingerprint density at radius 2 is 1.68 bits per heavy atom. The van der Waals surface area contributed by atoms with Gasteiger partial charge >= 0.3 is 18.1 Å². The highest BCUT2D eigenvalue weighted by Gasteiger charge is 2.38. The molecule has 0 spiro atoms. The van der Waals surface area contributed by atoms with Crippen molar-refractivity contribution in [1.29, 1.82) is 0 Å². The molecule has 1 unspecified atom stereocenters. The number of rotatable bonds is 9. The highest BCUT2D eigenvalue weighted by Crippen LogP contribution is 2.23. The van der Waals surface area contributed by atoms with Crippen LogP contribution in [0.1, 0.15) is 36.8 Å². The monoisotopic (exact) mass is 479 g/mol. The van der Waals surface area contributed by atoms with Crippen LogP contribution in [0.3, 0.4) is 0 Å². The molecule has 2 aromatic rings. The van der Waals surface area contributed by atoms with Crippen LogP contribution in [0.5, 0.6) is 5.75 Å². The maximum atomic E-state index is 10.7. The van der Waals surface area contributed by atoms with E-state index >= 15 is 0 Å². The van der Waals surface area contributed by atoms with Gasteiger partial charge in [-0.3, -0.25) is 4.79 Å². The van der Waals surface area contributed by atoms with Crippen LogP contribution in [0.2, 0.25) is 0 Å². The predicted octanol–water partition coefficient (Wildman–Crippen LogP) is 4.94. The van der Waals surface area contributed by atoms with Gasteiger partial charge in [0.25, 0.3) is 0 Å². The molecule has 0 radical (unpaired) electrons. The lowest BCUT2D eigenvalue weighted by atomic mass is 9.97. The summed E-state index contributed by atoms with van der Waals surface area (Å²) in [7, 11) is 0. The lowest BCUT2D eigenvalue weighted by Gasteiger charge is -2.23. The average Bonchev–Trinajstić information content (AvgIpc) is 2.82. The predicted molar refractivity (Wildman–Crippen MR) is 122 cm³/mol. The largest absolute Gasteiger partial charge is 0.494 e. The molecule has 1 heterocycles. The van der Waals surface area contributed by atoms with Crippen LogP contribution in [0, 0.1) is 0 Å². The first-order valence-electron chi connectivity index (χ1n) is 10.9. The van der Waals surface area contributed by atoms with Crippen molar-refractivity contribution in [2.45, 2.75) is 44.3 Å². The topological polar surface area (TPSA) is 95.9 Å². The van der Waals surface area contributed by atoms with E-state index in [1.54, 1.807) is 0 Å². The van der Waals surface area contributed by atoms with Gasteiger partial charge in [0.1, 0.15) is 5.75 Å². The molecule has 0 fully saturated rings. The van der Waals surface area contributed by atoms with Crippen LogP contribution in [0.4, 0.5) is 13.2 Å². The Morgan fingerprint density at radius 3 is 2.21 bits per heavy atom. The van der Waals surface area contributed by atoms with E-state index in [1.807, 2.05) is 18.2 Å². The summed E-state index contributed by atoms with van der Waals surface area (Å²) in [5, 5.41) is 19.3. The second-order valence-electron chi connectivity index (χ2n) is 7.74. The number of aryl methyl sites for hydroxylation is 1. The molecule has 2 aromatic carbocycles. The van der Waals surface area contributed by atoms with Gasteiger partial charge in [-0.1, -0.05) is 48.5 Å². The van der Waals surface area contributed by atoms with Gasteiger partial charge in [0.15, 0.2) is 0 Å². The normalized spacial score (nSPS) is 15.5. The number of hydrogen-bond donors (Lipinski definition) is 3. The number of hydrogen-bond acceptors (Lipinski definition) is 4. The summed E-state index contributed by atoms with van der Waals surface area (Å²) in [5.74, 6) is -2.59. The number of benzene rings is 2. The molecule has 3 rings (SSSR count). The Kier molecular flexibility index (Phi) is 10.6. The molecular weight excluding hydrogens is 451 g/mol. The van der Waals surface area contributed by atoms with E-state index in [-0.39, 0.29) is 12.5 Å². The van der Waals surface area contributed by atoms with Crippen LogP contribution in [-0.2, 0) is 16.0 Å². The minimum absolute atomic E-state index is 0.219. The molecular formula is C25H28F3NO5. The summed E-state index contributed by atoms with van der Waals surface area (Å²) < 4.78 is 37.6. The first-order valence-corrected chi connectivity index (χ1v) is 10.9. The van der Waals surface area contributed by atoms with Crippen molar-refractivity contribution >= 4 is 17.5 Å². The minimum Gasteiger partial charge on any atom is -0.494 e. The van der Waals surface area contributed by atoms with Gasteiger partial charge in [-0.15, -0.1) is 0 Å². The molecule has 0 amide bonds. The Labute approximate surface area is 196 Å². The summed E-state index contributed by atoms with van der Waals surface area (Å²) in [6.07, 6.45) is 0.935. The molecule has 184 valence electrons. The number of alkyl halides is 3. The Hall–Kier alpha value is -3.33. The van der Waals surface area contributed by atoms with Gasteiger partial charge in [-0.2, -0.15) is 13.2 Å². The van der Waals surface area contributed by atoms with Crippen molar-refractivity contribution in [2.24, 2.45) is 0 Å². The SMILES string of the molecule is O=C(O)C(F)(F)F.O=C(O)CCC1CC=C(c2ccc(OCCCc3ccccc3)cc2)CN1. The molecule has 0 saturated carbocycles. The highest BCUT2D eigenvalue weighted by atomic mass is 19.4. The van der Waals surface area contributed by atoms with Crippen molar-refractivity contribution in [3.8, 4) is 5.75 Å². The minimum atomic E-state index is -5.08. The van der Waals surface area contributed by atoms with Gasteiger partial charge in [-0.05, 0) is 54.5 Å². The quantitative estimate of drug-likeness (QED) is 0.441. The molecule has 9 heteroatoms. The smallest absolute Gasteiger partial charge is 0.490 e. The van der Waals surface area contributed by atoms with E-state index < -0.39 is 18.1 Å². The zero-order valence-electron chi connectivity index (χ0n) is 18.6. The molecule has 0 aliphatic carbocycles. The third-order valence-electron chi connectivity index (χ3n) is 5.13. The van der Waals surface area contributed by atoms with Gasteiger partial charge in [0.2, 0.25) is 0 Å². The van der Waals surface area contributed by atoms with Crippen LogP contribution >= 0.6 is 0 Å².